The van der Waals surface area contributed by atoms with Gasteiger partial charge in [0.05, 0.1) is 6.10 Å². The lowest BCUT2D eigenvalue weighted by Crippen LogP contribution is -2.22. The molecule has 1 saturated carbocycles. The van der Waals surface area contributed by atoms with Crippen LogP contribution in [0.3, 0.4) is 0 Å². The fourth-order valence-electron chi connectivity index (χ4n) is 4.68. The maximum atomic E-state index is 10.6. The van der Waals surface area contributed by atoms with Crippen LogP contribution in [-0.2, 0) is 11.8 Å². The van der Waals surface area contributed by atoms with Gasteiger partial charge in [0.25, 0.3) is 0 Å². The number of rotatable bonds is 0. The van der Waals surface area contributed by atoms with Crippen molar-refractivity contribution < 1.29 is 10.2 Å². The Morgan fingerprint density at radius 3 is 2.50 bits per heavy atom. The second kappa shape index (κ2) is 3.82. The highest BCUT2D eigenvalue weighted by molar-refractivity contribution is 6.09. The Labute approximate surface area is 129 Å². The summed E-state index contributed by atoms with van der Waals surface area (Å²) in [6, 6.07) is 14.2. The molecule has 0 saturated heterocycles. The molecule has 0 heterocycles. The van der Waals surface area contributed by atoms with Gasteiger partial charge in [0.15, 0.2) is 0 Å². The summed E-state index contributed by atoms with van der Waals surface area (Å²) >= 11 is 0. The van der Waals surface area contributed by atoms with Crippen molar-refractivity contribution in [2.45, 2.75) is 31.3 Å². The van der Waals surface area contributed by atoms with Gasteiger partial charge in [-0.2, -0.15) is 0 Å². The van der Waals surface area contributed by atoms with E-state index in [2.05, 4.69) is 31.2 Å². The van der Waals surface area contributed by atoms with Gasteiger partial charge in [0.1, 0.15) is 5.75 Å². The van der Waals surface area contributed by atoms with Crippen molar-refractivity contribution >= 4 is 21.5 Å². The normalized spacial score (nSPS) is 29.4. The zero-order valence-corrected chi connectivity index (χ0v) is 12.5. The molecule has 2 N–H and O–H groups in total. The highest BCUT2D eigenvalue weighted by Gasteiger charge is 2.61. The first-order valence-corrected chi connectivity index (χ1v) is 7.97. The third-order valence-corrected chi connectivity index (χ3v) is 5.97. The highest BCUT2D eigenvalue weighted by Crippen LogP contribution is 2.62. The molecule has 0 bridgehead atoms. The third kappa shape index (κ3) is 1.34. The molecule has 2 aliphatic carbocycles. The van der Waals surface area contributed by atoms with Crippen molar-refractivity contribution in [1.29, 1.82) is 0 Å². The van der Waals surface area contributed by atoms with Gasteiger partial charge in [-0.1, -0.05) is 37.3 Å². The molecule has 22 heavy (non-hydrogen) atoms. The molecule has 5 rings (SSSR count). The lowest BCUT2D eigenvalue weighted by Gasteiger charge is -2.15. The van der Waals surface area contributed by atoms with Crippen LogP contribution in [0, 0.1) is 5.92 Å². The number of fused-ring (bicyclic) bond motifs is 6. The summed E-state index contributed by atoms with van der Waals surface area (Å²) in [5.41, 5.74) is 2.66. The number of aliphatic hydroxyl groups is 1. The molecule has 3 atom stereocenters. The quantitative estimate of drug-likeness (QED) is 0.617. The molecule has 2 nitrogen and oxygen atoms in total. The second-order valence-corrected chi connectivity index (χ2v) is 7.02. The molecule has 3 aromatic rings. The minimum absolute atomic E-state index is 0.0112. The van der Waals surface area contributed by atoms with E-state index in [9.17, 15) is 10.2 Å². The summed E-state index contributed by atoms with van der Waals surface area (Å²) in [5, 5.41) is 25.0. The molecule has 1 spiro atoms. The van der Waals surface area contributed by atoms with E-state index in [-0.39, 0.29) is 11.5 Å². The lowest BCUT2D eigenvalue weighted by molar-refractivity contribution is 0.140. The fourth-order valence-corrected chi connectivity index (χ4v) is 4.68. The maximum Gasteiger partial charge on any atom is 0.116 e. The smallest absolute Gasteiger partial charge is 0.116 e. The molecule has 3 aromatic carbocycles. The van der Waals surface area contributed by atoms with Crippen molar-refractivity contribution in [2.75, 3.05) is 0 Å². The predicted molar refractivity (Wildman–Crippen MR) is 88.3 cm³/mol. The topological polar surface area (TPSA) is 40.5 Å². The van der Waals surface area contributed by atoms with Crippen molar-refractivity contribution in [2.24, 2.45) is 5.92 Å². The molecule has 1 fully saturated rings. The third-order valence-electron chi connectivity index (χ3n) is 5.97. The van der Waals surface area contributed by atoms with E-state index in [1.807, 2.05) is 12.1 Å². The summed E-state index contributed by atoms with van der Waals surface area (Å²) in [7, 11) is 0. The van der Waals surface area contributed by atoms with E-state index >= 15 is 0 Å². The van der Waals surface area contributed by atoms with Gasteiger partial charge in [0, 0.05) is 11.8 Å². The molecule has 2 heteroatoms. The maximum absolute atomic E-state index is 10.6. The van der Waals surface area contributed by atoms with Crippen molar-refractivity contribution in [3.8, 4) is 5.75 Å². The zero-order valence-electron chi connectivity index (χ0n) is 12.5. The SMILES string of the molecule is CC1CC12c1ccc3c(ccc4ccc(O)cc43)c1CC2O. The van der Waals surface area contributed by atoms with Crippen LogP contribution in [0.4, 0.5) is 0 Å². The van der Waals surface area contributed by atoms with Gasteiger partial charge in [-0.3, -0.25) is 0 Å². The van der Waals surface area contributed by atoms with Crippen molar-refractivity contribution in [3.63, 3.8) is 0 Å². The Kier molecular flexibility index (Phi) is 2.17. The second-order valence-electron chi connectivity index (χ2n) is 7.02. The molecule has 0 radical (unpaired) electrons. The first kappa shape index (κ1) is 12.5. The van der Waals surface area contributed by atoms with E-state index in [1.54, 1.807) is 6.07 Å². The Morgan fingerprint density at radius 2 is 1.73 bits per heavy atom. The van der Waals surface area contributed by atoms with Crippen LogP contribution in [-0.4, -0.2) is 16.3 Å². The summed E-state index contributed by atoms with van der Waals surface area (Å²) < 4.78 is 0. The fraction of sp³-hybridized carbons (Fsp3) is 0.300. The summed E-state index contributed by atoms with van der Waals surface area (Å²) in [5.74, 6) is 0.874. The van der Waals surface area contributed by atoms with Gasteiger partial charge in [-0.15, -0.1) is 0 Å². The average Bonchev–Trinajstić information content (AvgIpc) is 3.10. The Balaban J connectivity index is 1.86. The monoisotopic (exact) mass is 290 g/mol. The van der Waals surface area contributed by atoms with Crippen LogP contribution in [0.25, 0.3) is 21.5 Å². The number of hydrogen-bond acceptors (Lipinski definition) is 2. The first-order chi connectivity index (χ1) is 10.6. The molecular weight excluding hydrogens is 272 g/mol. The molecule has 110 valence electrons. The minimum atomic E-state index is -0.247. The first-order valence-electron chi connectivity index (χ1n) is 7.97. The van der Waals surface area contributed by atoms with Crippen LogP contribution in [0.5, 0.6) is 5.75 Å². The Bertz CT molecular complexity index is 943. The standard InChI is InChI=1S/C20H18O2/c1-11-10-20(11)18-7-6-14-15(17(18)9-19(20)22)5-3-12-2-4-13(21)8-16(12)14/h2-8,11,19,21-22H,9-10H2,1H3. The van der Waals surface area contributed by atoms with Crippen LogP contribution >= 0.6 is 0 Å². The molecule has 2 aliphatic rings. The summed E-state index contributed by atoms with van der Waals surface area (Å²) in [6.45, 7) is 2.24. The molecule has 3 unspecified atom stereocenters. The molecular formula is C20H18O2. The largest absolute Gasteiger partial charge is 0.508 e. The van der Waals surface area contributed by atoms with E-state index < -0.39 is 0 Å². The number of benzene rings is 3. The van der Waals surface area contributed by atoms with Gasteiger partial charge in [0.2, 0.25) is 0 Å². The molecule has 0 amide bonds. The van der Waals surface area contributed by atoms with Crippen LogP contribution in [0.15, 0.2) is 42.5 Å². The van der Waals surface area contributed by atoms with Gasteiger partial charge >= 0.3 is 0 Å². The number of aromatic hydroxyl groups is 1. The van der Waals surface area contributed by atoms with Gasteiger partial charge in [-0.25, -0.2) is 0 Å². The van der Waals surface area contributed by atoms with Crippen LogP contribution < -0.4 is 0 Å². The molecule has 0 aromatic heterocycles. The Hall–Kier alpha value is -2.06. The van der Waals surface area contributed by atoms with E-state index in [0.717, 1.165) is 23.6 Å². The highest BCUT2D eigenvalue weighted by atomic mass is 16.3. The summed E-state index contributed by atoms with van der Waals surface area (Å²) in [6.07, 6.45) is 1.60. The Morgan fingerprint density at radius 1 is 1.00 bits per heavy atom. The predicted octanol–water partition coefficient (Wildman–Crippen LogP) is 3.89. The van der Waals surface area contributed by atoms with E-state index in [1.165, 1.54) is 21.9 Å². The number of aliphatic hydroxyl groups excluding tert-OH is 1. The van der Waals surface area contributed by atoms with E-state index in [0.29, 0.717) is 11.7 Å². The number of phenolic OH excluding ortho intramolecular Hbond substituents is 1. The average molecular weight is 290 g/mol. The molecule has 0 aliphatic heterocycles. The zero-order chi connectivity index (χ0) is 15.1. The van der Waals surface area contributed by atoms with Crippen LogP contribution in [0.2, 0.25) is 0 Å². The van der Waals surface area contributed by atoms with Crippen molar-refractivity contribution in [3.05, 3.63) is 53.6 Å². The van der Waals surface area contributed by atoms with E-state index in [4.69, 9.17) is 0 Å². The van der Waals surface area contributed by atoms with Crippen molar-refractivity contribution in [1.82, 2.24) is 0 Å². The minimum Gasteiger partial charge on any atom is -0.508 e. The van der Waals surface area contributed by atoms with Gasteiger partial charge in [-0.05, 0) is 57.1 Å². The van der Waals surface area contributed by atoms with Gasteiger partial charge < -0.3 is 10.2 Å². The van der Waals surface area contributed by atoms with Crippen LogP contribution in [0.1, 0.15) is 24.5 Å². The number of hydrogen-bond donors (Lipinski definition) is 2. The lowest BCUT2D eigenvalue weighted by atomic mass is 9.91. The number of phenols is 1. The summed E-state index contributed by atoms with van der Waals surface area (Å²) in [4.78, 5) is 0.